The van der Waals surface area contributed by atoms with Crippen molar-refractivity contribution in [3.8, 4) is 5.75 Å². The molecule has 7 nitrogen and oxygen atoms in total. The lowest BCUT2D eigenvalue weighted by Gasteiger charge is -2.39. The lowest BCUT2D eigenvalue weighted by molar-refractivity contribution is -0.142. The Morgan fingerprint density at radius 2 is 1.84 bits per heavy atom. The van der Waals surface area contributed by atoms with E-state index in [9.17, 15) is 9.59 Å². The first-order valence-corrected chi connectivity index (χ1v) is 11.3. The Bertz CT molecular complexity index is 914. The summed E-state index contributed by atoms with van der Waals surface area (Å²) < 4.78 is 10.7. The van der Waals surface area contributed by atoms with Crippen molar-refractivity contribution in [2.24, 2.45) is 5.92 Å². The SMILES string of the molecule is COc1cccc(NC(=O)C(c2ccccc2)N2CCCC(C(=O)N3CCOCC3)C2)c1. The van der Waals surface area contributed by atoms with Crippen LogP contribution in [0, 0.1) is 5.92 Å². The van der Waals surface area contributed by atoms with Crippen LogP contribution in [0.4, 0.5) is 5.69 Å². The Morgan fingerprint density at radius 3 is 2.59 bits per heavy atom. The molecule has 2 aromatic rings. The van der Waals surface area contributed by atoms with E-state index in [1.54, 1.807) is 13.2 Å². The van der Waals surface area contributed by atoms with Crippen LogP contribution < -0.4 is 10.1 Å². The van der Waals surface area contributed by atoms with Crippen LogP contribution in [0.15, 0.2) is 54.6 Å². The Hall–Kier alpha value is -2.90. The number of hydrogen-bond donors (Lipinski definition) is 1. The molecule has 1 N–H and O–H groups in total. The van der Waals surface area contributed by atoms with Gasteiger partial charge in [0.15, 0.2) is 0 Å². The quantitative estimate of drug-likeness (QED) is 0.753. The third kappa shape index (κ3) is 5.29. The van der Waals surface area contributed by atoms with Gasteiger partial charge in [-0.25, -0.2) is 0 Å². The zero-order valence-electron chi connectivity index (χ0n) is 18.5. The summed E-state index contributed by atoms with van der Waals surface area (Å²) >= 11 is 0. The Kier molecular flexibility index (Phi) is 7.39. The molecule has 2 atom stereocenters. The zero-order valence-corrected chi connectivity index (χ0v) is 18.5. The van der Waals surface area contributed by atoms with E-state index in [2.05, 4.69) is 10.2 Å². The predicted molar refractivity (Wildman–Crippen MR) is 123 cm³/mol. The summed E-state index contributed by atoms with van der Waals surface area (Å²) in [6, 6.07) is 16.7. The smallest absolute Gasteiger partial charge is 0.246 e. The molecule has 2 aliphatic rings. The van der Waals surface area contributed by atoms with Crippen LogP contribution in [0.2, 0.25) is 0 Å². The molecule has 0 bridgehead atoms. The summed E-state index contributed by atoms with van der Waals surface area (Å²) in [7, 11) is 1.60. The average molecular weight is 438 g/mol. The number of carbonyl (C=O) groups excluding carboxylic acids is 2. The number of methoxy groups -OCH3 is 1. The largest absolute Gasteiger partial charge is 0.497 e. The number of hydrogen-bond acceptors (Lipinski definition) is 5. The molecule has 4 rings (SSSR count). The normalized spacial score (nSPS) is 20.4. The molecule has 0 aliphatic carbocycles. The van der Waals surface area contributed by atoms with Gasteiger partial charge in [-0.2, -0.15) is 0 Å². The average Bonchev–Trinajstić information content (AvgIpc) is 2.85. The van der Waals surface area contributed by atoms with Gasteiger partial charge in [0.25, 0.3) is 0 Å². The van der Waals surface area contributed by atoms with Crippen molar-refractivity contribution in [1.29, 1.82) is 0 Å². The van der Waals surface area contributed by atoms with Gasteiger partial charge < -0.3 is 19.7 Å². The summed E-state index contributed by atoms with van der Waals surface area (Å²) in [6.07, 6.45) is 1.74. The monoisotopic (exact) mass is 437 g/mol. The first kappa shape index (κ1) is 22.3. The second-order valence-corrected chi connectivity index (χ2v) is 8.31. The third-order valence-corrected chi connectivity index (χ3v) is 6.19. The van der Waals surface area contributed by atoms with Crippen molar-refractivity contribution in [2.75, 3.05) is 51.8 Å². The minimum absolute atomic E-state index is 0.0994. The van der Waals surface area contributed by atoms with Crippen molar-refractivity contribution >= 4 is 17.5 Å². The topological polar surface area (TPSA) is 71.1 Å². The molecule has 2 fully saturated rings. The van der Waals surface area contributed by atoms with Gasteiger partial charge in [-0.3, -0.25) is 14.5 Å². The van der Waals surface area contributed by atoms with Crippen LogP contribution in [0.1, 0.15) is 24.4 Å². The van der Waals surface area contributed by atoms with Crippen LogP contribution in [0.5, 0.6) is 5.75 Å². The molecule has 0 saturated carbocycles. The summed E-state index contributed by atoms with van der Waals surface area (Å²) in [5, 5.41) is 3.05. The number of anilines is 1. The minimum Gasteiger partial charge on any atom is -0.497 e. The summed E-state index contributed by atoms with van der Waals surface area (Å²) in [4.78, 5) is 30.7. The molecule has 7 heteroatoms. The maximum atomic E-state index is 13.5. The van der Waals surface area contributed by atoms with Crippen LogP contribution in [-0.4, -0.2) is 68.1 Å². The number of nitrogens with zero attached hydrogens (tertiary/aromatic N) is 2. The van der Waals surface area contributed by atoms with Crippen LogP contribution >= 0.6 is 0 Å². The van der Waals surface area contributed by atoms with Gasteiger partial charge in [-0.15, -0.1) is 0 Å². The molecule has 2 aromatic carbocycles. The first-order valence-electron chi connectivity index (χ1n) is 11.3. The van der Waals surface area contributed by atoms with Gasteiger partial charge in [0.2, 0.25) is 11.8 Å². The Balaban J connectivity index is 1.53. The number of benzene rings is 2. The second kappa shape index (κ2) is 10.6. The van der Waals surface area contributed by atoms with Gasteiger partial charge in [0.05, 0.1) is 26.2 Å². The molecule has 0 spiro atoms. The number of carbonyl (C=O) groups is 2. The van der Waals surface area contributed by atoms with Gasteiger partial charge in [-0.05, 0) is 37.1 Å². The molecular formula is C25H31N3O4. The summed E-state index contributed by atoms with van der Waals surface area (Å²) in [5.74, 6) is 0.660. The first-order chi connectivity index (χ1) is 15.7. The Morgan fingerprint density at radius 1 is 1.06 bits per heavy atom. The number of rotatable bonds is 6. The van der Waals surface area contributed by atoms with E-state index in [0.29, 0.717) is 44.3 Å². The molecule has 0 aromatic heterocycles. The van der Waals surface area contributed by atoms with Gasteiger partial charge in [0.1, 0.15) is 11.8 Å². The van der Waals surface area contributed by atoms with E-state index in [-0.39, 0.29) is 17.7 Å². The highest BCUT2D eigenvalue weighted by molar-refractivity contribution is 5.95. The van der Waals surface area contributed by atoms with Crippen molar-refractivity contribution in [1.82, 2.24) is 9.80 Å². The van der Waals surface area contributed by atoms with Crippen LogP contribution in [0.25, 0.3) is 0 Å². The van der Waals surface area contributed by atoms with E-state index >= 15 is 0 Å². The van der Waals surface area contributed by atoms with E-state index in [1.165, 1.54) is 0 Å². The number of ether oxygens (including phenoxy) is 2. The number of piperidine rings is 1. The number of likely N-dealkylation sites (tertiary alicyclic amines) is 1. The van der Waals surface area contributed by atoms with E-state index < -0.39 is 6.04 Å². The molecular weight excluding hydrogens is 406 g/mol. The fourth-order valence-electron chi connectivity index (χ4n) is 4.56. The van der Waals surface area contributed by atoms with E-state index in [4.69, 9.17) is 9.47 Å². The summed E-state index contributed by atoms with van der Waals surface area (Å²) in [6.45, 7) is 3.83. The molecule has 2 heterocycles. The second-order valence-electron chi connectivity index (χ2n) is 8.31. The molecule has 2 saturated heterocycles. The third-order valence-electron chi connectivity index (χ3n) is 6.19. The maximum absolute atomic E-state index is 13.5. The fraction of sp³-hybridized carbons (Fsp3) is 0.440. The Labute approximate surface area is 189 Å². The van der Waals surface area contributed by atoms with E-state index in [1.807, 2.05) is 53.4 Å². The molecule has 2 amide bonds. The molecule has 2 aliphatic heterocycles. The van der Waals surface area contributed by atoms with E-state index in [0.717, 1.165) is 24.9 Å². The highest BCUT2D eigenvalue weighted by Crippen LogP contribution is 2.30. The van der Waals surface area contributed by atoms with Crippen LogP contribution in [-0.2, 0) is 14.3 Å². The van der Waals surface area contributed by atoms with Crippen molar-refractivity contribution in [3.05, 3.63) is 60.2 Å². The molecule has 32 heavy (non-hydrogen) atoms. The standard InChI is InChI=1S/C25H31N3O4/c1-31-22-11-5-10-21(17-22)26-24(29)23(19-7-3-2-4-8-19)28-12-6-9-20(18-28)25(30)27-13-15-32-16-14-27/h2-5,7-8,10-11,17,20,23H,6,9,12-16,18H2,1H3,(H,26,29). The number of nitrogens with one attached hydrogen (secondary N) is 1. The zero-order chi connectivity index (χ0) is 22.3. The lowest BCUT2D eigenvalue weighted by Crippen LogP contribution is -2.50. The minimum atomic E-state index is -0.470. The molecule has 170 valence electrons. The highest BCUT2D eigenvalue weighted by Gasteiger charge is 2.36. The summed E-state index contributed by atoms with van der Waals surface area (Å²) in [5.41, 5.74) is 1.61. The number of morpholine rings is 1. The fourth-order valence-corrected chi connectivity index (χ4v) is 4.56. The van der Waals surface area contributed by atoms with Crippen molar-refractivity contribution in [2.45, 2.75) is 18.9 Å². The number of amides is 2. The van der Waals surface area contributed by atoms with Crippen molar-refractivity contribution in [3.63, 3.8) is 0 Å². The van der Waals surface area contributed by atoms with Gasteiger partial charge in [0, 0.05) is 31.4 Å². The molecule has 0 radical (unpaired) electrons. The molecule has 2 unspecified atom stereocenters. The van der Waals surface area contributed by atoms with Crippen molar-refractivity contribution < 1.29 is 19.1 Å². The lowest BCUT2D eigenvalue weighted by atomic mass is 9.93. The van der Waals surface area contributed by atoms with Gasteiger partial charge in [-0.1, -0.05) is 36.4 Å². The maximum Gasteiger partial charge on any atom is 0.246 e. The van der Waals surface area contributed by atoms with Crippen LogP contribution in [0.3, 0.4) is 0 Å². The van der Waals surface area contributed by atoms with Gasteiger partial charge >= 0.3 is 0 Å². The predicted octanol–water partition coefficient (Wildman–Crippen LogP) is 2.95. The highest BCUT2D eigenvalue weighted by atomic mass is 16.5.